The first-order valence-electron chi connectivity index (χ1n) is 6.78. The van der Waals surface area contributed by atoms with Gasteiger partial charge in [-0.05, 0) is 25.9 Å². The van der Waals surface area contributed by atoms with E-state index in [1.165, 1.54) is 0 Å². The molecule has 0 spiro atoms. The van der Waals surface area contributed by atoms with Crippen molar-refractivity contribution in [3.8, 4) is 0 Å². The van der Waals surface area contributed by atoms with Gasteiger partial charge in [0.15, 0.2) is 0 Å². The van der Waals surface area contributed by atoms with Crippen molar-refractivity contribution in [2.45, 2.75) is 40.5 Å². The number of carbonyl (C=O) groups is 1. The number of thiocarbonyl (C=S) groups is 1. The molecule has 0 rings (SSSR count). The Labute approximate surface area is 116 Å². The molecule has 0 unspecified atom stereocenters. The highest BCUT2D eigenvalue weighted by Gasteiger charge is 2.37. The van der Waals surface area contributed by atoms with Gasteiger partial charge in [-0.2, -0.15) is 0 Å². The van der Waals surface area contributed by atoms with Crippen LogP contribution in [0.1, 0.15) is 40.5 Å². The van der Waals surface area contributed by atoms with Gasteiger partial charge in [0, 0.05) is 13.1 Å². The smallest absolute Gasteiger partial charge is 0.233 e. The van der Waals surface area contributed by atoms with Crippen LogP contribution in [-0.4, -0.2) is 42.0 Å². The number of hydrogen-bond donors (Lipinski definition) is 2. The lowest BCUT2D eigenvalue weighted by molar-refractivity contribution is -0.127. The van der Waals surface area contributed by atoms with Crippen LogP contribution in [-0.2, 0) is 4.79 Å². The molecule has 3 N–H and O–H groups in total. The number of nitrogens with zero attached hydrogens (tertiary/aromatic N) is 1. The van der Waals surface area contributed by atoms with Crippen molar-refractivity contribution in [2.24, 2.45) is 11.1 Å². The number of hydrogen-bond acceptors (Lipinski definition) is 3. The Morgan fingerprint density at radius 1 is 1.22 bits per heavy atom. The second-order valence-electron chi connectivity index (χ2n) is 4.44. The Bertz CT molecular complexity index is 273. The fraction of sp³-hybridized carbons (Fsp3) is 0.846. The van der Waals surface area contributed by atoms with Crippen LogP contribution in [0.25, 0.3) is 0 Å². The standard InChI is InChI=1S/C13H27N3OS/c1-5-13(6-2,11(14)18)12(17)15-9-10-16(7-3)8-4/h5-10H2,1-4H3,(H2,14,18)(H,15,17). The van der Waals surface area contributed by atoms with Crippen molar-refractivity contribution in [3.05, 3.63) is 0 Å². The van der Waals surface area contributed by atoms with Crippen LogP contribution in [0.3, 0.4) is 0 Å². The molecule has 0 aromatic heterocycles. The van der Waals surface area contributed by atoms with E-state index in [0.29, 0.717) is 24.4 Å². The van der Waals surface area contributed by atoms with E-state index in [1.807, 2.05) is 13.8 Å². The van der Waals surface area contributed by atoms with Crippen LogP contribution >= 0.6 is 12.2 Å². The van der Waals surface area contributed by atoms with Gasteiger partial charge in [0.25, 0.3) is 0 Å². The van der Waals surface area contributed by atoms with Gasteiger partial charge in [-0.1, -0.05) is 39.9 Å². The molecule has 0 bridgehead atoms. The number of likely N-dealkylation sites (N-methyl/N-ethyl adjacent to an activating group) is 1. The highest BCUT2D eigenvalue weighted by atomic mass is 32.1. The summed E-state index contributed by atoms with van der Waals surface area (Å²) in [6.07, 6.45) is 1.30. The Kier molecular flexibility index (Phi) is 8.11. The number of amides is 1. The van der Waals surface area contributed by atoms with Gasteiger partial charge in [-0.25, -0.2) is 0 Å². The molecule has 0 aromatic rings. The van der Waals surface area contributed by atoms with Gasteiger partial charge >= 0.3 is 0 Å². The van der Waals surface area contributed by atoms with E-state index in [9.17, 15) is 4.79 Å². The molecule has 0 aliphatic carbocycles. The first kappa shape index (κ1) is 17.3. The van der Waals surface area contributed by atoms with Gasteiger partial charge in [-0.3, -0.25) is 4.79 Å². The van der Waals surface area contributed by atoms with Crippen molar-refractivity contribution < 1.29 is 4.79 Å². The van der Waals surface area contributed by atoms with Crippen molar-refractivity contribution in [1.29, 1.82) is 0 Å². The van der Waals surface area contributed by atoms with Crippen LogP contribution in [0, 0.1) is 5.41 Å². The predicted octanol–water partition coefficient (Wildman–Crippen LogP) is 1.54. The first-order chi connectivity index (χ1) is 8.48. The summed E-state index contributed by atoms with van der Waals surface area (Å²) >= 11 is 5.06. The zero-order chi connectivity index (χ0) is 14.2. The fourth-order valence-electron chi connectivity index (χ4n) is 2.07. The number of carbonyl (C=O) groups excluding carboxylic acids is 1. The number of nitrogens with two attached hydrogens (primary N) is 1. The fourth-order valence-corrected chi connectivity index (χ4v) is 2.45. The van der Waals surface area contributed by atoms with Crippen LogP contribution in [0.5, 0.6) is 0 Å². The molecule has 0 aliphatic rings. The Balaban J connectivity index is 4.41. The summed E-state index contributed by atoms with van der Waals surface area (Å²) in [6.45, 7) is 11.6. The molecule has 5 heteroatoms. The van der Waals surface area contributed by atoms with Crippen LogP contribution in [0.15, 0.2) is 0 Å². The molecule has 0 radical (unpaired) electrons. The summed E-state index contributed by atoms with van der Waals surface area (Å²) in [7, 11) is 0. The normalized spacial score (nSPS) is 11.6. The molecule has 4 nitrogen and oxygen atoms in total. The maximum atomic E-state index is 12.2. The zero-order valence-electron chi connectivity index (χ0n) is 12.1. The number of nitrogens with one attached hydrogen (secondary N) is 1. The summed E-state index contributed by atoms with van der Waals surface area (Å²) in [5, 5.41) is 2.96. The molecule has 18 heavy (non-hydrogen) atoms. The molecule has 0 fully saturated rings. The van der Waals surface area contributed by atoms with Gasteiger partial charge in [0.05, 0.1) is 10.4 Å². The summed E-state index contributed by atoms with van der Waals surface area (Å²) in [6, 6.07) is 0. The molecule has 0 aromatic carbocycles. The summed E-state index contributed by atoms with van der Waals surface area (Å²) in [5.74, 6) is -0.0350. The van der Waals surface area contributed by atoms with E-state index < -0.39 is 5.41 Å². The van der Waals surface area contributed by atoms with Crippen LogP contribution in [0.4, 0.5) is 0 Å². The van der Waals surface area contributed by atoms with Gasteiger partial charge in [0.1, 0.15) is 0 Å². The quantitative estimate of drug-likeness (QED) is 0.626. The van der Waals surface area contributed by atoms with E-state index in [0.717, 1.165) is 19.6 Å². The first-order valence-corrected chi connectivity index (χ1v) is 7.19. The third-order valence-electron chi connectivity index (χ3n) is 3.72. The van der Waals surface area contributed by atoms with E-state index in [1.54, 1.807) is 0 Å². The molecule has 1 amide bonds. The molecule has 0 atom stereocenters. The second-order valence-corrected chi connectivity index (χ2v) is 4.88. The van der Waals surface area contributed by atoms with Crippen LogP contribution < -0.4 is 11.1 Å². The minimum Gasteiger partial charge on any atom is -0.392 e. The molecule has 0 saturated carbocycles. The zero-order valence-corrected chi connectivity index (χ0v) is 12.9. The highest BCUT2D eigenvalue weighted by molar-refractivity contribution is 7.80. The van der Waals surface area contributed by atoms with Gasteiger partial charge < -0.3 is 16.0 Å². The lowest BCUT2D eigenvalue weighted by atomic mass is 9.81. The van der Waals surface area contributed by atoms with E-state index in [4.69, 9.17) is 18.0 Å². The average molecular weight is 273 g/mol. The van der Waals surface area contributed by atoms with Gasteiger partial charge in [-0.15, -0.1) is 0 Å². The van der Waals surface area contributed by atoms with Gasteiger partial charge in [0.2, 0.25) is 5.91 Å². The predicted molar refractivity (Wildman–Crippen MR) is 80.6 cm³/mol. The summed E-state index contributed by atoms with van der Waals surface area (Å²) < 4.78 is 0. The van der Waals surface area contributed by atoms with Crippen molar-refractivity contribution in [1.82, 2.24) is 10.2 Å². The molecular formula is C13H27N3OS. The van der Waals surface area contributed by atoms with Crippen molar-refractivity contribution >= 4 is 23.1 Å². The summed E-state index contributed by atoms with van der Waals surface area (Å²) in [4.78, 5) is 14.8. The molecule has 0 aliphatic heterocycles. The van der Waals surface area contributed by atoms with Crippen molar-refractivity contribution in [3.63, 3.8) is 0 Å². The molecule has 106 valence electrons. The van der Waals surface area contributed by atoms with E-state index in [2.05, 4.69) is 24.1 Å². The molecule has 0 saturated heterocycles. The Morgan fingerprint density at radius 2 is 1.72 bits per heavy atom. The Hall–Kier alpha value is -0.680. The summed E-state index contributed by atoms with van der Waals surface area (Å²) in [5.41, 5.74) is 5.06. The highest BCUT2D eigenvalue weighted by Crippen LogP contribution is 2.26. The van der Waals surface area contributed by atoms with E-state index >= 15 is 0 Å². The number of rotatable bonds is 9. The third kappa shape index (κ3) is 4.21. The van der Waals surface area contributed by atoms with Crippen molar-refractivity contribution in [2.75, 3.05) is 26.2 Å². The maximum Gasteiger partial charge on any atom is 0.233 e. The lowest BCUT2D eigenvalue weighted by Crippen LogP contribution is -2.49. The SMILES string of the molecule is CCN(CC)CCNC(=O)C(CC)(CC)C(N)=S. The molecular weight excluding hydrogens is 246 g/mol. The lowest BCUT2D eigenvalue weighted by Gasteiger charge is -2.29. The van der Waals surface area contributed by atoms with E-state index in [-0.39, 0.29) is 5.91 Å². The minimum atomic E-state index is -0.682. The second kappa shape index (κ2) is 8.43. The average Bonchev–Trinajstić information content (AvgIpc) is 2.36. The van der Waals surface area contributed by atoms with Crippen LogP contribution in [0.2, 0.25) is 0 Å². The maximum absolute atomic E-state index is 12.2. The third-order valence-corrected chi connectivity index (χ3v) is 4.11. The topological polar surface area (TPSA) is 58.4 Å². The molecule has 0 heterocycles. The minimum absolute atomic E-state index is 0.0350. The Morgan fingerprint density at radius 3 is 2.06 bits per heavy atom. The largest absolute Gasteiger partial charge is 0.392 e. The monoisotopic (exact) mass is 273 g/mol.